The highest BCUT2D eigenvalue weighted by Gasteiger charge is 2.25. The summed E-state index contributed by atoms with van der Waals surface area (Å²) in [6.07, 6.45) is 5.89. The number of para-hydroxylation sites is 1. The molecule has 1 aliphatic rings. The highest BCUT2D eigenvalue weighted by atomic mass is 79.9. The molecule has 0 atom stereocenters. The maximum absolute atomic E-state index is 13.4. The molecule has 0 saturated heterocycles. The van der Waals surface area contributed by atoms with Crippen molar-refractivity contribution in [2.45, 2.75) is 39.2 Å². The quantitative estimate of drug-likeness (QED) is 0.189. The lowest BCUT2D eigenvalue weighted by atomic mass is 9.95. The van der Waals surface area contributed by atoms with Gasteiger partial charge in [-0.25, -0.2) is 4.99 Å². The average molecular weight is 624 g/mol. The van der Waals surface area contributed by atoms with Gasteiger partial charge in [0.2, 0.25) is 0 Å². The summed E-state index contributed by atoms with van der Waals surface area (Å²) >= 11 is 11.4. The molecule has 5 nitrogen and oxygen atoms in total. The van der Waals surface area contributed by atoms with Crippen LogP contribution in [0.2, 0.25) is 5.02 Å². The smallest absolute Gasteiger partial charge is 0.259 e. The van der Waals surface area contributed by atoms with Crippen molar-refractivity contribution in [1.82, 2.24) is 0 Å². The minimum Gasteiger partial charge on any atom is -0.490 e. The maximum atomic E-state index is 13.4. The van der Waals surface area contributed by atoms with Crippen LogP contribution in [0.15, 0.2) is 76.2 Å². The summed E-state index contributed by atoms with van der Waals surface area (Å²) in [5, 5.41) is 4.44. The lowest BCUT2D eigenvalue weighted by Gasteiger charge is -2.15. The number of nitrogens with one attached hydrogen (secondary N) is 1. The molecule has 0 unspecified atom stereocenters. The average Bonchev–Trinajstić information content (AvgIpc) is 3.31. The van der Waals surface area contributed by atoms with E-state index in [1.54, 1.807) is 17.6 Å². The second-order valence-electron chi connectivity index (χ2n) is 9.15. The minimum atomic E-state index is -0.117. The molecule has 0 spiro atoms. The normalized spacial score (nSPS) is 12.8. The summed E-state index contributed by atoms with van der Waals surface area (Å²) < 4.78 is 12.8. The summed E-state index contributed by atoms with van der Waals surface area (Å²) in [5.74, 6) is 1.11. The van der Waals surface area contributed by atoms with Gasteiger partial charge in [-0.05, 0) is 102 Å². The van der Waals surface area contributed by atoms with Crippen molar-refractivity contribution in [3.05, 3.63) is 103 Å². The van der Waals surface area contributed by atoms with E-state index in [0.29, 0.717) is 35.3 Å². The van der Waals surface area contributed by atoms with Crippen LogP contribution in [-0.4, -0.2) is 18.7 Å². The zero-order valence-corrected chi connectivity index (χ0v) is 24.7. The Bertz CT molecular complexity index is 1500. The lowest BCUT2D eigenvalue weighted by molar-refractivity contribution is 0.102. The number of hydrogen-bond acceptors (Lipinski definition) is 5. The van der Waals surface area contributed by atoms with E-state index < -0.39 is 0 Å². The summed E-state index contributed by atoms with van der Waals surface area (Å²) in [4.78, 5) is 19.5. The second kappa shape index (κ2) is 12.8. The number of benzene rings is 3. The number of nitrogens with zero attached hydrogens (tertiary/aromatic N) is 1. The molecule has 1 aliphatic carbocycles. The second-order valence-corrected chi connectivity index (χ2v) is 11.5. The van der Waals surface area contributed by atoms with E-state index in [2.05, 4.69) is 21.2 Å². The van der Waals surface area contributed by atoms with E-state index >= 15 is 0 Å². The van der Waals surface area contributed by atoms with E-state index in [1.807, 2.05) is 73.7 Å². The van der Waals surface area contributed by atoms with Gasteiger partial charge in [-0.2, -0.15) is 0 Å². The number of amides is 1. The first-order valence-corrected chi connectivity index (χ1v) is 14.9. The number of anilines is 1. The van der Waals surface area contributed by atoms with E-state index in [4.69, 9.17) is 26.1 Å². The molecule has 8 heteroatoms. The Morgan fingerprint density at radius 2 is 1.90 bits per heavy atom. The number of carbonyl (C=O) groups is 1. The number of aliphatic imine (C=N–C) groups is 1. The number of halogens is 2. The van der Waals surface area contributed by atoms with Crippen LogP contribution in [0.5, 0.6) is 11.5 Å². The highest BCUT2D eigenvalue weighted by molar-refractivity contribution is 9.10. The molecule has 4 aromatic rings. The third kappa shape index (κ3) is 6.72. The van der Waals surface area contributed by atoms with Crippen LogP contribution in [0.3, 0.4) is 0 Å². The zero-order valence-electron chi connectivity index (χ0n) is 21.5. The molecular weight excluding hydrogens is 596 g/mol. The summed E-state index contributed by atoms with van der Waals surface area (Å²) in [5.41, 5.74) is 4.38. The minimum absolute atomic E-state index is 0.117. The van der Waals surface area contributed by atoms with E-state index in [-0.39, 0.29) is 5.91 Å². The number of fused-ring (bicyclic) bond motifs is 1. The summed E-state index contributed by atoms with van der Waals surface area (Å²) in [6, 6.07) is 21.0. The van der Waals surface area contributed by atoms with Crippen LogP contribution < -0.4 is 14.8 Å². The molecule has 5 rings (SSSR count). The van der Waals surface area contributed by atoms with Crippen LogP contribution >= 0.6 is 38.9 Å². The molecule has 0 saturated carbocycles. The molecule has 0 bridgehead atoms. The fourth-order valence-electron chi connectivity index (χ4n) is 4.57. The Morgan fingerprint density at radius 1 is 1.08 bits per heavy atom. The van der Waals surface area contributed by atoms with E-state index in [0.717, 1.165) is 57.5 Å². The topological polar surface area (TPSA) is 59.9 Å². The molecule has 1 N–H and O–H groups in total. The van der Waals surface area contributed by atoms with Crippen LogP contribution in [0.1, 0.15) is 51.7 Å². The summed E-state index contributed by atoms with van der Waals surface area (Å²) in [7, 11) is 0. The SMILES string of the molecule is CCOc1cc(C=Nc2sc3c(c2C(=O)Nc2ccccc2)CCCC3)cc(Br)c1OCc1cccc(Cl)c1. The Balaban J connectivity index is 1.42. The summed E-state index contributed by atoms with van der Waals surface area (Å²) in [6.45, 7) is 2.78. The Morgan fingerprint density at radius 3 is 2.69 bits per heavy atom. The Hall–Kier alpha value is -3.13. The van der Waals surface area contributed by atoms with Gasteiger partial charge in [0.05, 0.1) is 16.6 Å². The third-order valence-electron chi connectivity index (χ3n) is 6.35. The predicted molar refractivity (Wildman–Crippen MR) is 164 cm³/mol. The largest absolute Gasteiger partial charge is 0.490 e. The molecule has 1 aromatic heterocycles. The van der Waals surface area contributed by atoms with Crippen LogP contribution in [0.25, 0.3) is 0 Å². The third-order valence-corrected chi connectivity index (χ3v) is 8.37. The van der Waals surface area contributed by atoms with Crippen LogP contribution in [-0.2, 0) is 19.4 Å². The molecule has 200 valence electrons. The first kappa shape index (κ1) is 27.4. The fraction of sp³-hybridized carbons (Fsp3) is 0.226. The van der Waals surface area contributed by atoms with Gasteiger partial charge in [-0.3, -0.25) is 4.79 Å². The van der Waals surface area contributed by atoms with Gasteiger partial charge >= 0.3 is 0 Å². The molecule has 3 aromatic carbocycles. The van der Waals surface area contributed by atoms with Gasteiger partial charge in [0.15, 0.2) is 11.5 Å². The number of rotatable bonds is 9. The monoisotopic (exact) mass is 622 g/mol. The number of thiophene rings is 1. The zero-order chi connectivity index (χ0) is 27.2. The van der Waals surface area contributed by atoms with Crippen molar-refractivity contribution >= 4 is 61.7 Å². The van der Waals surface area contributed by atoms with Crippen molar-refractivity contribution in [2.75, 3.05) is 11.9 Å². The van der Waals surface area contributed by atoms with Gasteiger partial charge in [-0.15, -0.1) is 11.3 Å². The molecule has 0 radical (unpaired) electrons. The first-order valence-electron chi connectivity index (χ1n) is 12.9. The van der Waals surface area contributed by atoms with E-state index in [1.165, 1.54) is 4.88 Å². The van der Waals surface area contributed by atoms with Crippen LogP contribution in [0, 0.1) is 0 Å². The molecule has 39 heavy (non-hydrogen) atoms. The lowest BCUT2D eigenvalue weighted by Crippen LogP contribution is -2.14. The number of hydrogen-bond donors (Lipinski definition) is 1. The predicted octanol–water partition coefficient (Wildman–Crippen LogP) is 9.02. The van der Waals surface area contributed by atoms with E-state index in [9.17, 15) is 4.79 Å². The van der Waals surface area contributed by atoms with Crippen molar-refractivity contribution in [3.8, 4) is 11.5 Å². The standard InChI is InChI=1S/C31H28BrClN2O3S/c1-2-37-26-17-21(16-25(32)29(26)38-19-20-9-8-10-22(33)15-20)18-34-31-28(24-13-6-7-14-27(24)39-31)30(36)35-23-11-4-3-5-12-23/h3-5,8-12,15-18H,2,6-7,13-14,19H2,1H3,(H,35,36). The van der Waals surface area contributed by atoms with Crippen molar-refractivity contribution in [3.63, 3.8) is 0 Å². The maximum Gasteiger partial charge on any atom is 0.259 e. The Labute approximate surface area is 246 Å². The van der Waals surface area contributed by atoms with Gasteiger partial charge in [0.25, 0.3) is 5.91 Å². The highest BCUT2D eigenvalue weighted by Crippen LogP contribution is 2.41. The number of ether oxygens (including phenoxy) is 2. The van der Waals surface area contributed by atoms with Crippen molar-refractivity contribution < 1.29 is 14.3 Å². The number of aryl methyl sites for hydroxylation is 1. The molecular formula is C31H28BrClN2O3S. The number of carbonyl (C=O) groups excluding carboxylic acids is 1. The van der Waals surface area contributed by atoms with Gasteiger partial charge in [0, 0.05) is 21.8 Å². The molecule has 1 amide bonds. The van der Waals surface area contributed by atoms with Crippen LogP contribution in [0.4, 0.5) is 10.7 Å². The van der Waals surface area contributed by atoms with Gasteiger partial charge in [0.1, 0.15) is 11.6 Å². The van der Waals surface area contributed by atoms with Crippen molar-refractivity contribution in [1.29, 1.82) is 0 Å². The van der Waals surface area contributed by atoms with Gasteiger partial charge in [-0.1, -0.05) is 41.9 Å². The van der Waals surface area contributed by atoms with Gasteiger partial charge < -0.3 is 14.8 Å². The first-order chi connectivity index (χ1) is 19.0. The molecule has 0 aliphatic heterocycles. The fourth-order valence-corrected chi connectivity index (χ4v) is 6.59. The van der Waals surface area contributed by atoms with Crippen molar-refractivity contribution in [2.24, 2.45) is 4.99 Å². The molecule has 1 heterocycles. The molecule has 0 fully saturated rings. The Kier molecular flexibility index (Phi) is 9.02.